The first kappa shape index (κ1) is 21.8. The Morgan fingerprint density at radius 3 is 1.52 bits per heavy atom. The molecule has 10 nitrogen and oxygen atoms in total. The van der Waals surface area contributed by atoms with Gasteiger partial charge in [-0.15, -0.1) is 0 Å². The van der Waals surface area contributed by atoms with Crippen LogP contribution in [0.3, 0.4) is 0 Å². The van der Waals surface area contributed by atoms with Crippen molar-refractivity contribution in [1.29, 1.82) is 0 Å². The third kappa shape index (κ3) is 6.88. The molecule has 2 aromatic carbocycles. The van der Waals surface area contributed by atoms with E-state index in [1.165, 1.54) is 48.2 Å². The van der Waals surface area contributed by atoms with E-state index in [-0.39, 0.29) is 47.4 Å². The van der Waals surface area contributed by atoms with Gasteiger partial charge in [0.05, 0.1) is 9.85 Å². The molecular formula is C18H18N4O6S. The average Bonchev–Trinajstić information content (AvgIpc) is 2.68. The van der Waals surface area contributed by atoms with Crippen LogP contribution in [0, 0.1) is 20.2 Å². The Morgan fingerprint density at radius 2 is 1.14 bits per heavy atom. The molecule has 0 spiro atoms. The number of nitro benzene ring substituents is 2. The number of amides is 2. The number of rotatable bonds is 10. The summed E-state index contributed by atoms with van der Waals surface area (Å²) in [5, 5.41) is 26.9. The molecule has 0 atom stereocenters. The molecule has 2 rings (SSSR count). The summed E-state index contributed by atoms with van der Waals surface area (Å²) in [6.07, 6.45) is 0.255. The average molecular weight is 418 g/mol. The molecule has 0 unspecified atom stereocenters. The minimum Gasteiger partial charge on any atom is -0.320 e. The summed E-state index contributed by atoms with van der Waals surface area (Å²) in [6, 6.07) is 11.7. The van der Waals surface area contributed by atoms with E-state index in [4.69, 9.17) is 0 Å². The van der Waals surface area contributed by atoms with Gasteiger partial charge < -0.3 is 10.6 Å². The Bertz CT molecular complexity index is 847. The first-order valence-electron chi connectivity index (χ1n) is 8.52. The van der Waals surface area contributed by atoms with E-state index in [2.05, 4.69) is 10.6 Å². The molecule has 0 heterocycles. The Labute approximate surface area is 170 Å². The molecule has 0 radical (unpaired) electrons. The van der Waals surface area contributed by atoms with E-state index in [1.54, 1.807) is 12.1 Å². The third-order valence-electron chi connectivity index (χ3n) is 3.70. The lowest BCUT2D eigenvalue weighted by molar-refractivity contribution is -0.384. The monoisotopic (exact) mass is 418 g/mol. The van der Waals surface area contributed by atoms with E-state index in [0.717, 1.165) is 0 Å². The summed E-state index contributed by atoms with van der Waals surface area (Å²) < 4.78 is 0. The molecule has 0 aliphatic carbocycles. The van der Waals surface area contributed by atoms with Gasteiger partial charge in [0.15, 0.2) is 0 Å². The summed E-state index contributed by atoms with van der Waals surface area (Å²) in [5.41, 5.74) is -0.0898. The van der Waals surface area contributed by atoms with Crippen LogP contribution in [0.25, 0.3) is 0 Å². The molecule has 152 valence electrons. The highest BCUT2D eigenvalue weighted by molar-refractivity contribution is 7.99. The van der Waals surface area contributed by atoms with E-state index in [1.807, 2.05) is 0 Å². The molecule has 0 aromatic heterocycles. The van der Waals surface area contributed by atoms with Crippen molar-refractivity contribution in [2.45, 2.75) is 12.8 Å². The highest BCUT2D eigenvalue weighted by Gasteiger charge is 2.16. The molecule has 2 aromatic rings. The number of nitrogens with one attached hydrogen (secondary N) is 2. The quantitative estimate of drug-likeness (QED) is 0.341. The molecular weight excluding hydrogens is 400 g/mol. The highest BCUT2D eigenvalue weighted by atomic mass is 32.2. The van der Waals surface area contributed by atoms with Gasteiger partial charge in [0.25, 0.3) is 11.4 Å². The molecule has 0 saturated carbocycles. The van der Waals surface area contributed by atoms with E-state index < -0.39 is 9.85 Å². The van der Waals surface area contributed by atoms with Crippen molar-refractivity contribution < 1.29 is 19.4 Å². The number of nitro groups is 2. The second kappa shape index (κ2) is 10.8. The number of hydrogen-bond donors (Lipinski definition) is 2. The maximum absolute atomic E-state index is 11.9. The maximum atomic E-state index is 11.9. The first-order chi connectivity index (χ1) is 13.9. The lowest BCUT2D eigenvalue weighted by Crippen LogP contribution is -2.15. The number of para-hydroxylation sites is 4. The van der Waals surface area contributed by atoms with Crippen LogP contribution in [0.2, 0.25) is 0 Å². The summed E-state index contributed by atoms with van der Waals surface area (Å²) >= 11 is 1.36. The molecule has 0 bridgehead atoms. The van der Waals surface area contributed by atoms with Gasteiger partial charge >= 0.3 is 0 Å². The van der Waals surface area contributed by atoms with Crippen LogP contribution < -0.4 is 10.6 Å². The number of nitrogens with zero attached hydrogens (tertiary/aromatic N) is 2. The van der Waals surface area contributed by atoms with Gasteiger partial charge in [0.2, 0.25) is 11.8 Å². The number of hydrogen-bond acceptors (Lipinski definition) is 7. The summed E-state index contributed by atoms with van der Waals surface area (Å²) in [6.45, 7) is 0. The van der Waals surface area contributed by atoms with Crippen molar-refractivity contribution in [1.82, 2.24) is 0 Å². The second-order valence-electron chi connectivity index (χ2n) is 5.76. The summed E-state index contributed by atoms with van der Waals surface area (Å²) in [5.74, 6) is 0.114. The molecule has 0 fully saturated rings. The van der Waals surface area contributed by atoms with Crippen LogP contribution in [0.1, 0.15) is 12.8 Å². The smallest absolute Gasteiger partial charge is 0.292 e. The zero-order valence-corrected chi connectivity index (χ0v) is 16.0. The molecule has 29 heavy (non-hydrogen) atoms. The summed E-state index contributed by atoms with van der Waals surface area (Å²) in [4.78, 5) is 44.6. The number of thioether (sulfide) groups is 1. The minimum atomic E-state index is -0.569. The van der Waals surface area contributed by atoms with Crippen molar-refractivity contribution in [2.75, 3.05) is 22.1 Å². The van der Waals surface area contributed by atoms with Crippen LogP contribution in [-0.4, -0.2) is 33.2 Å². The lowest BCUT2D eigenvalue weighted by Gasteiger charge is -2.07. The largest absolute Gasteiger partial charge is 0.320 e. The van der Waals surface area contributed by atoms with Crippen molar-refractivity contribution in [3.05, 3.63) is 68.8 Å². The van der Waals surface area contributed by atoms with Crippen LogP contribution in [0.15, 0.2) is 48.5 Å². The zero-order chi connectivity index (χ0) is 21.2. The fourth-order valence-electron chi connectivity index (χ4n) is 2.33. The SMILES string of the molecule is O=C(CCSCCC(=O)Nc1ccccc1[N+](=O)[O-])Nc1ccccc1[N+](=O)[O-]. The van der Waals surface area contributed by atoms with Gasteiger partial charge in [-0.3, -0.25) is 29.8 Å². The number of carbonyl (C=O) groups is 2. The van der Waals surface area contributed by atoms with Crippen molar-refractivity contribution in [3.63, 3.8) is 0 Å². The Morgan fingerprint density at radius 1 is 0.759 bits per heavy atom. The van der Waals surface area contributed by atoms with Crippen molar-refractivity contribution in [2.24, 2.45) is 0 Å². The van der Waals surface area contributed by atoms with Gasteiger partial charge in [0, 0.05) is 36.5 Å². The summed E-state index contributed by atoms with van der Waals surface area (Å²) in [7, 11) is 0. The predicted octanol–water partition coefficient (Wildman–Crippen LogP) is 3.59. The van der Waals surface area contributed by atoms with E-state index >= 15 is 0 Å². The molecule has 0 aliphatic rings. The van der Waals surface area contributed by atoms with Crippen LogP contribution in [0.5, 0.6) is 0 Å². The van der Waals surface area contributed by atoms with Gasteiger partial charge in [-0.25, -0.2) is 0 Å². The predicted molar refractivity (Wildman–Crippen MR) is 110 cm³/mol. The van der Waals surface area contributed by atoms with Crippen LogP contribution in [0.4, 0.5) is 22.7 Å². The Hall–Kier alpha value is -3.47. The minimum absolute atomic E-state index is 0.127. The van der Waals surface area contributed by atoms with Crippen molar-refractivity contribution >= 4 is 46.3 Å². The third-order valence-corrected chi connectivity index (χ3v) is 4.68. The fourth-order valence-corrected chi connectivity index (χ4v) is 3.20. The van der Waals surface area contributed by atoms with Gasteiger partial charge in [-0.2, -0.15) is 11.8 Å². The Kier molecular flexibility index (Phi) is 8.10. The normalized spacial score (nSPS) is 10.2. The van der Waals surface area contributed by atoms with E-state index in [0.29, 0.717) is 11.5 Å². The zero-order valence-electron chi connectivity index (χ0n) is 15.2. The maximum Gasteiger partial charge on any atom is 0.292 e. The van der Waals surface area contributed by atoms with Gasteiger partial charge in [-0.1, -0.05) is 24.3 Å². The second-order valence-corrected chi connectivity index (χ2v) is 6.98. The lowest BCUT2D eigenvalue weighted by atomic mass is 10.2. The Balaban J connectivity index is 1.71. The first-order valence-corrected chi connectivity index (χ1v) is 9.68. The number of carbonyl (C=O) groups excluding carboxylic acids is 2. The van der Waals surface area contributed by atoms with Crippen LogP contribution in [-0.2, 0) is 9.59 Å². The molecule has 11 heteroatoms. The number of benzene rings is 2. The fraction of sp³-hybridized carbons (Fsp3) is 0.222. The van der Waals surface area contributed by atoms with Crippen molar-refractivity contribution in [3.8, 4) is 0 Å². The molecule has 2 amide bonds. The highest BCUT2D eigenvalue weighted by Crippen LogP contribution is 2.24. The topological polar surface area (TPSA) is 144 Å². The molecule has 0 saturated heterocycles. The molecule has 2 N–H and O–H groups in total. The molecule has 0 aliphatic heterocycles. The van der Waals surface area contributed by atoms with Crippen LogP contribution >= 0.6 is 11.8 Å². The number of anilines is 2. The standard InChI is InChI=1S/C18H18N4O6S/c23-17(19-13-5-1-3-7-15(13)21(25)26)9-11-29-12-10-18(24)20-14-6-2-4-8-16(14)22(27)28/h1-8H,9-12H2,(H,19,23)(H,20,24). The van der Waals surface area contributed by atoms with Gasteiger partial charge in [0.1, 0.15) is 11.4 Å². The van der Waals surface area contributed by atoms with E-state index in [9.17, 15) is 29.8 Å². The van der Waals surface area contributed by atoms with Gasteiger partial charge in [-0.05, 0) is 12.1 Å².